The van der Waals surface area contributed by atoms with Crippen LogP contribution in [0.3, 0.4) is 0 Å². The fourth-order valence-corrected chi connectivity index (χ4v) is 4.40. The van der Waals surface area contributed by atoms with E-state index in [2.05, 4.69) is 17.6 Å². The van der Waals surface area contributed by atoms with Crippen molar-refractivity contribution in [3.05, 3.63) is 34.9 Å². The Kier molecular flexibility index (Phi) is 14.7. The molecular formula is C31H51N3O6. The van der Waals surface area contributed by atoms with E-state index in [1.807, 2.05) is 45.9 Å². The van der Waals surface area contributed by atoms with Gasteiger partial charge in [-0.15, -0.1) is 0 Å². The van der Waals surface area contributed by atoms with E-state index in [4.69, 9.17) is 9.47 Å². The minimum atomic E-state index is -0.946. The zero-order chi connectivity index (χ0) is 30.5. The van der Waals surface area contributed by atoms with Crippen LogP contribution >= 0.6 is 0 Å². The summed E-state index contributed by atoms with van der Waals surface area (Å²) in [7, 11) is 0. The number of carbonyl (C=O) groups is 4. The van der Waals surface area contributed by atoms with Gasteiger partial charge in [-0.3, -0.25) is 14.4 Å². The van der Waals surface area contributed by atoms with Crippen molar-refractivity contribution in [1.29, 1.82) is 0 Å². The number of ether oxygens (including phenoxy) is 2. The lowest BCUT2D eigenvalue weighted by atomic mass is 9.94. The topological polar surface area (TPSA) is 114 Å². The molecule has 0 bridgehead atoms. The first-order valence-corrected chi connectivity index (χ1v) is 14.5. The number of alkyl carbamates (subject to hydrolysis) is 1. The van der Waals surface area contributed by atoms with Crippen molar-refractivity contribution >= 4 is 23.9 Å². The third-order valence-electron chi connectivity index (χ3n) is 6.35. The molecule has 9 heteroatoms. The molecule has 40 heavy (non-hydrogen) atoms. The monoisotopic (exact) mass is 561 g/mol. The number of hydrogen-bond acceptors (Lipinski definition) is 6. The van der Waals surface area contributed by atoms with E-state index in [1.54, 1.807) is 32.6 Å². The van der Waals surface area contributed by atoms with Gasteiger partial charge in [0.05, 0.1) is 13.0 Å². The quantitative estimate of drug-likeness (QED) is 0.220. The molecule has 2 unspecified atom stereocenters. The molecule has 2 N–H and O–H groups in total. The number of benzene rings is 1. The highest BCUT2D eigenvalue weighted by molar-refractivity contribution is 5.92. The third-order valence-corrected chi connectivity index (χ3v) is 6.35. The molecule has 1 aromatic carbocycles. The Labute approximate surface area is 240 Å². The summed E-state index contributed by atoms with van der Waals surface area (Å²) in [6.45, 7) is 17.4. The number of esters is 1. The van der Waals surface area contributed by atoms with Gasteiger partial charge in [-0.05, 0) is 65.0 Å². The number of nitrogens with zero attached hydrogens (tertiary/aromatic N) is 1. The molecule has 0 heterocycles. The van der Waals surface area contributed by atoms with Crippen LogP contribution in [0, 0.1) is 19.8 Å². The first kappa shape index (κ1) is 34.9. The summed E-state index contributed by atoms with van der Waals surface area (Å²) in [6.07, 6.45) is 2.97. The number of aryl methyl sites for hydroxylation is 2. The summed E-state index contributed by atoms with van der Waals surface area (Å²) in [5.41, 5.74) is 1.88. The molecule has 226 valence electrons. The van der Waals surface area contributed by atoms with Crippen molar-refractivity contribution < 1.29 is 28.7 Å². The highest BCUT2D eigenvalue weighted by atomic mass is 16.6. The van der Waals surface area contributed by atoms with Crippen LogP contribution in [-0.4, -0.2) is 60.1 Å². The second kappa shape index (κ2) is 16.9. The number of amides is 3. The lowest BCUT2D eigenvalue weighted by molar-refractivity contribution is -0.145. The SMILES string of the molecule is CCCCCCN(C(=O)C(NC(=O)OC(C)(C)C)C(C)C)C(C(=O)NCCC(=O)OCC)c1ccc(C)cc1C. The largest absolute Gasteiger partial charge is 0.466 e. The zero-order valence-electron chi connectivity index (χ0n) is 26.0. The zero-order valence-corrected chi connectivity index (χ0v) is 26.0. The fraction of sp³-hybridized carbons (Fsp3) is 0.677. The van der Waals surface area contributed by atoms with Gasteiger partial charge in [-0.25, -0.2) is 4.79 Å². The molecule has 0 aliphatic heterocycles. The Morgan fingerprint density at radius 3 is 2.23 bits per heavy atom. The van der Waals surface area contributed by atoms with Crippen LogP contribution in [0.1, 0.15) is 103 Å². The number of unbranched alkanes of at least 4 members (excludes halogenated alkanes) is 3. The van der Waals surface area contributed by atoms with E-state index >= 15 is 0 Å². The van der Waals surface area contributed by atoms with Gasteiger partial charge in [-0.2, -0.15) is 0 Å². The molecule has 0 spiro atoms. The number of rotatable bonds is 15. The third kappa shape index (κ3) is 12.0. The van der Waals surface area contributed by atoms with Crippen LogP contribution in [0.5, 0.6) is 0 Å². The first-order chi connectivity index (χ1) is 18.7. The maximum Gasteiger partial charge on any atom is 0.408 e. The Morgan fingerprint density at radius 1 is 1.00 bits per heavy atom. The molecule has 0 saturated carbocycles. The standard InChI is InChI=1S/C31H51N3O6/c1-10-12-13-14-19-34(29(37)26(21(3)4)33-30(38)40-31(7,8)9)27(24-16-15-22(5)20-23(24)6)28(36)32-18-17-25(35)39-11-2/h15-16,20-21,26-27H,10-14,17-19H2,1-9H3,(H,32,36)(H,33,38). The molecule has 0 aromatic heterocycles. The number of carbonyl (C=O) groups excluding carboxylic acids is 4. The summed E-state index contributed by atoms with van der Waals surface area (Å²) >= 11 is 0. The van der Waals surface area contributed by atoms with Gasteiger partial charge in [0, 0.05) is 13.1 Å². The van der Waals surface area contributed by atoms with Crippen LogP contribution in [0.4, 0.5) is 4.79 Å². The van der Waals surface area contributed by atoms with Crippen LogP contribution < -0.4 is 10.6 Å². The van der Waals surface area contributed by atoms with E-state index in [9.17, 15) is 19.2 Å². The minimum Gasteiger partial charge on any atom is -0.466 e. The van der Waals surface area contributed by atoms with Crippen LogP contribution in [0.2, 0.25) is 0 Å². The molecule has 1 aromatic rings. The Hall–Kier alpha value is -3.10. The summed E-state index contributed by atoms with van der Waals surface area (Å²) in [5.74, 6) is -1.41. The lowest BCUT2D eigenvalue weighted by Gasteiger charge is -2.36. The Bertz CT molecular complexity index is 986. The van der Waals surface area contributed by atoms with Crippen LogP contribution in [-0.2, 0) is 23.9 Å². The molecule has 2 atom stereocenters. The average molecular weight is 562 g/mol. The molecule has 9 nitrogen and oxygen atoms in total. The predicted octanol–water partition coefficient (Wildman–Crippen LogP) is 5.37. The van der Waals surface area contributed by atoms with Gasteiger partial charge in [0.15, 0.2) is 0 Å². The minimum absolute atomic E-state index is 0.0262. The lowest BCUT2D eigenvalue weighted by Crippen LogP contribution is -2.55. The van der Waals surface area contributed by atoms with Crippen molar-refractivity contribution in [2.75, 3.05) is 19.7 Å². The number of hydrogen-bond donors (Lipinski definition) is 2. The van der Waals surface area contributed by atoms with Gasteiger partial charge in [0.2, 0.25) is 11.8 Å². The van der Waals surface area contributed by atoms with Crippen molar-refractivity contribution in [2.45, 2.75) is 112 Å². The second-order valence-corrected chi connectivity index (χ2v) is 11.6. The summed E-state index contributed by atoms with van der Waals surface area (Å²) in [5, 5.41) is 5.59. The maximum atomic E-state index is 14.2. The molecule has 0 saturated heterocycles. The second-order valence-electron chi connectivity index (χ2n) is 11.6. The van der Waals surface area contributed by atoms with Crippen molar-refractivity contribution in [3.8, 4) is 0 Å². The average Bonchev–Trinajstić information content (AvgIpc) is 2.83. The van der Waals surface area contributed by atoms with Gasteiger partial charge in [0.25, 0.3) is 0 Å². The fourth-order valence-electron chi connectivity index (χ4n) is 4.40. The summed E-state index contributed by atoms with van der Waals surface area (Å²) in [6, 6.07) is 3.92. The summed E-state index contributed by atoms with van der Waals surface area (Å²) in [4.78, 5) is 54.2. The summed E-state index contributed by atoms with van der Waals surface area (Å²) < 4.78 is 10.4. The Balaban J connectivity index is 3.48. The molecule has 0 fully saturated rings. The van der Waals surface area contributed by atoms with Gasteiger partial charge in [0.1, 0.15) is 17.7 Å². The Morgan fingerprint density at radius 2 is 1.68 bits per heavy atom. The molecule has 3 amide bonds. The smallest absolute Gasteiger partial charge is 0.408 e. The molecular weight excluding hydrogens is 510 g/mol. The van der Waals surface area contributed by atoms with Crippen LogP contribution in [0.15, 0.2) is 18.2 Å². The van der Waals surface area contributed by atoms with E-state index in [1.165, 1.54) is 0 Å². The van der Waals surface area contributed by atoms with E-state index in [-0.39, 0.29) is 37.3 Å². The highest BCUT2D eigenvalue weighted by Crippen LogP contribution is 2.28. The molecule has 0 radical (unpaired) electrons. The van der Waals surface area contributed by atoms with Crippen molar-refractivity contribution in [2.24, 2.45) is 5.92 Å². The van der Waals surface area contributed by atoms with Gasteiger partial charge < -0.3 is 25.0 Å². The van der Waals surface area contributed by atoms with E-state index in [0.717, 1.165) is 30.4 Å². The van der Waals surface area contributed by atoms with Gasteiger partial charge >= 0.3 is 12.1 Å². The predicted molar refractivity (Wildman–Crippen MR) is 157 cm³/mol. The van der Waals surface area contributed by atoms with E-state index in [0.29, 0.717) is 18.5 Å². The first-order valence-electron chi connectivity index (χ1n) is 14.5. The van der Waals surface area contributed by atoms with Crippen molar-refractivity contribution in [3.63, 3.8) is 0 Å². The maximum absolute atomic E-state index is 14.2. The van der Waals surface area contributed by atoms with Crippen molar-refractivity contribution in [1.82, 2.24) is 15.5 Å². The molecule has 0 aliphatic carbocycles. The normalized spacial score (nSPS) is 12.8. The van der Waals surface area contributed by atoms with Crippen LogP contribution in [0.25, 0.3) is 0 Å². The highest BCUT2D eigenvalue weighted by Gasteiger charge is 2.37. The van der Waals surface area contributed by atoms with E-state index < -0.39 is 29.7 Å². The van der Waals surface area contributed by atoms with Gasteiger partial charge in [-0.1, -0.05) is 63.8 Å². The number of nitrogens with one attached hydrogen (secondary N) is 2. The molecule has 0 aliphatic rings. The molecule has 1 rings (SSSR count).